The first-order chi connectivity index (χ1) is 5.46. The lowest BCUT2D eigenvalue weighted by Crippen LogP contribution is -2.42. The van der Waals surface area contributed by atoms with Crippen molar-refractivity contribution in [2.24, 2.45) is 5.41 Å². The van der Waals surface area contributed by atoms with Crippen molar-refractivity contribution in [3.05, 3.63) is 0 Å². The zero-order chi connectivity index (χ0) is 9.35. The minimum atomic E-state index is -0.476. The highest BCUT2D eigenvalue weighted by Crippen LogP contribution is 2.45. The zero-order valence-electron chi connectivity index (χ0n) is 7.92. The fourth-order valence-corrected chi connectivity index (χ4v) is 0.916. The Hall–Kier alpha value is -0.570. The maximum absolute atomic E-state index is 11.4. The molecule has 0 spiro atoms. The first-order valence-corrected chi connectivity index (χ1v) is 4.45. The van der Waals surface area contributed by atoms with Gasteiger partial charge in [-0.25, -0.2) is 0 Å². The quantitative estimate of drug-likeness (QED) is 0.655. The molecule has 1 fully saturated rings. The van der Waals surface area contributed by atoms with Crippen LogP contribution in [0.25, 0.3) is 0 Å². The second kappa shape index (κ2) is 3.05. The van der Waals surface area contributed by atoms with Crippen LogP contribution in [0, 0.1) is 5.41 Å². The van der Waals surface area contributed by atoms with Gasteiger partial charge in [-0.3, -0.25) is 4.79 Å². The van der Waals surface area contributed by atoms with Gasteiger partial charge in [-0.05, 0) is 26.7 Å². The highest BCUT2D eigenvalue weighted by Gasteiger charge is 2.45. The second-order valence-electron chi connectivity index (χ2n) is 4.06. The molecule has 2 unspecified atom stereocenters. The predicted octanol–water partition coefficient (Wildman–Crippen LogP) is 0.672. The summed E-state index contributed by atoms with van der Waals surface area (Å²) < 4.78 is 0. The SMILES string of the molecule is CC(O)C(C)NC(=O)C1(C)CC1. The fourth-order valence-electron chi connectivity index (χ4n) is 0.916. The first-order valence-electron chi connectivity index (χ1n) is 4.45. The predicted molar refractivity (Wildman–Crippen MR) is 46.6 cm³/mol. The standard InChI is InChI=1S/C9H17NO2/c1-6(7(2)11)10-8(12)9(3)4-5-9/h6-7,11H,4-5H2,1-3H3,(H,10,12). The number of aliphatic hydroxyl groups is 1. The minimum Gasteiger partial charge on any atom is -0.391 e. The molecule has 0 aliphatic heterocycles. The van der Waals surface area contributed by atoms with Crippen molar-refractivity contribution in [2.45, 2.75) is 45.8 Å². The largest absolute Gasteiger partial charge is 0.391 e. The molecule has 1 amide bonds. The lowest BCUT2D eigenvalue weighted by Gasteiger charge is -2.18. The molecule has 0 saturated heterocycles. The van der Waals surface area contributed by atoms with Crippen LogP contribution in [-0.4, -0.2) is 23.2 Å². The molecule has 1 aliphatic carbocycles. The summed E-state index contributed by atoms with van der Waals surface area (Å²) in [5, 5.41) is 11.9. The van der Waals surface area contributed by atoms with Crippen LogP contribution >= 0.6 is 0 Å². The first kappa shape index (κ1) is 9.52. The Morgan fingerprint density at radius 2 is 2.00 bits per heavy atom. The van der Waals surface area contributed by atoms with Crippen molar-refractivity contribution in [1.29, 1.82) is 0 Å². The Morgan fingerprint density at radius 1 is 1.50 bits per heavy atom. The van der Waals surface area contributed by atoms with Crippen LogP contribution in [0.1, 0.15) is 33.6 Å². The number of hydrogen-bond acceptors (Lipinski definition) is 2. The van der Waals surface area contributed by atoms with E-state index in [1.165, 1.54) is 0 Å². The summed E-state index contributed by atoms with van der Waals surface area (Å²) in [6, 6.07) is -0.144. The molecule has 3 heteroatoms. The Kier molecular flexibility index (Phi) is 2.42. The summed E-state index contributed by atoms with van der Waals surface area (Å²) in [6.45, 7) is 5.45. The smallest absolute Gasteiger partial charge is 0.226 e. The number of rotatable bonds is 3. The normalized spacial score (nSPS) is 24.3. The summed E-state index contributed by atoms with van der Waals surface area (Å²) in [5.41, 5.74) is -0.136. The molecule has 0 aromatic carbocycles. The molecule has 0 aromatic heterocycles. The van der Waals surface area contributed by atoms with Crippen molar-refractivity contribution in [1.82, 2.24) is 5.32 Å². The molecule has 70 valence electrons. The Balaban J connectivity index is 2.36. The Bertz CT molecular complexity index is 185. The van der Waals surface area contributed by atoms with Gasteiger partial charge in [0, 0.05) is 5.41 Å². The van der Waals surface area contributed by atoms with Crippen LogP contribution in [0.5, 0.6) is 0 Å². The maximum Gasteiger partial charge on any atom is 0.226 e. The summed E-state index contributed by atoms with van der Waals surface area (Å²) in [6.07, 6.45) is 1.48. The van der Waals surface area contributed by atoms with Gasteiger partial charge in [0.2, 0.25) is 5.91 Å². The molecular weight excluding hydrogens is 154 g/mol. The molecule has 0 aromatic rings. The van der Waals surface area contributed by atoms with E-state index in [4.69, 9.17) is 5.11 Å². The average Bonchev–Trinajstić information content (AvgIpc) is 2.69. The molecule has 2 atom stereocenters. The van der Waals surface area contributed by atoms with Gasteiger partial charge >= 0.3 is 0 Å². The summed E-state index contributed by atoms with van der Waals surface area (Å²) in [4.78, 5) is 11.4. The molecular formula is C9H17NO2. The van der Waals surface area contributed by atoms with Crippen LogP contribution in [0.2, 0.25) is 0 Å². The van der Waals surface area contributed by atoms with E-state index in [-0.39, 0.29) is 17.4 Å². The maximum atomic E-state index is 11.4. The van der Waals surface area contributed by atoms with E-state index in [1.807, 2.05) is 13.8 Å². The van der Waals surface area contributed by atoms with E-state index in [0.29, 0.717) is 0 Å². The monoisotopic (exact) mass is 171 g/mol. The van der Waals surface area contributed by atoms with Crippen molar-refractivity contribution in [2.75, 3.05) is 0 Å². The van der Waals surface area contributed by atoms with Crippen molar-refractivity contribution >= 4 is 5.91 Å². The summed E-state index contributed by atoms with van der Waals surface area (Å²) >= 11 is 0. The van der Waals surface area contributed by atoms with E-state index in [0.717, 1.165) is 12.8 Å². The third-order valence-electron chi connectivity index (χ3n) is 2.63. The van der Waals surface area contributed by atoms with Gasteiger partial charge in [0.25, 0.3) is 0 Å². The molecule has 2 N–H and O–H groups in total. The zero-order valence-corrected chi connectivity index (χ0v) is 7.92. The van der Waals surface area contributed by atoms with Gasteiger partial charge in [-0.15, -0.1) is 0 Å². The Morgan fingerprint density at radius 3 is 2.33 bits per heavy atom. The number of hydrogen-bond donors (Lipinski definition) is 2. The van der Waals surface area contributed by atoms with Crippen molar-refractivity contribution < 1.29 is 9.90 Å². The van der Waals surface area contributed by atoms with E-state index in [2.05, 4.69) is 5.32 Å². The Labute approximate surface area is 73.2 Å². The average molecular weight is 171 g/mol. The van der Waals surface area contributed by atoms with E-state index < -0.39 is 6.10 Å². The molecule has 0 bridgehead atoms. The fraction of sp³-hybridized carbons (Fsp3) is 0.889. The van der Waals surface area contributed by atoms with Gasteiger partial charge < -0.3 is 10.4 Å². The third kappa shape index (κ3) is 1.97. The number of carbonyl (C=O) groups excluding carboxylic acids is 1. The van der Waals surface area contributed by atoms with E-state index >= 15 is 0 Å². The van der Waals surface area contributed by atoms with Gasteiger partial charge in [0.05, 0.1) is 12.1 Å². The topological polar surface area (TPSA) is 49.3 Å². The highest BCUT2D eigenvalue weighted by atomic mass is 16.3. The summed E-state index contributed by atoms with van der Waals surface area (Å²) in [7, 11) is 0. The lowest BCUT2D eigenvalue weighted by molar-refractivity contribution is -0.127. The second-order valence-corrected chi connectivity index (χ2v) is 4.06. The van der Waals surface area contributed by atoms with Gasteiger partial charge in [-0.1, -0.05) is 6.92 Å². The van der Waals surface area contributed by atoms with Crippen LogP contribution in [-0.2, 0) is 4.79 Å². The molecule has 1 rings (SSSR count). The number of nitrogens with one attached hydrogen (secondary N) is 1. The molecule has 3 nitrogen and oxygen atoms in total. The summed E-state index contributed by atoms with van der Waals surface area (Å²) in [5.74, 6) is 0.0795. The molecule has 1 aliphatic rings. The molecule has 0 radical (unpaired) electrons. The van der Waals surface area contributed by atoms with Gasteiger partial charge in [0.1, 0.15) is 0 Å². The molecule has 12 heavy (non-hydrogen) atoms. The van der Waals surface area contributed by atoms with Gasteiger partial charge in [-0.2, -0.15) is 0 Å². The highest BCUT2D eigenvalue weighted by molar-refractivity contribution is 5.85. The molecule has 0 heterocycles. The number of carbonyl (C=O) groups is 1. The van der Waals surface area contributed by atoms with Crippen molar-refractivity contribution in [3.63, 3.8) is 0 Å². The van der Waals surface area contributed by atoms with Crippen molar-refractivity contribution in [3.8, 4) is 0 Å². The van der Waals surface area contributed by atoms with E-state index in [1.54, 1.807) is 6.92 Å². The van der Waals surface area contributed by atoms with Crippen LogP contribution in [0.3, 0.4) is 0 Å². The van der Waals surface area contributed by atoms with Crippen LogP contribution in [0.15, 0.2) is 0 Å². The third-order valence-corrected chi connectivity index (χ3v) is 2.63. The van der Waals surface area contributed by atoms with Crippen LogP contribution in [0.4, 0.5) is 0 Å². The lowest BCUT2D eigenvalue weighted by atomic mass is 10.1. The minimum absolute atomic E-state index is 0.0795. The molecule has 1 saturated carbocycles. The number of amides is 1. The van der Waals surface area contributed by atoms with Crippen LogP contribution < -0.4 is 5.32 Å². The number of aliphatic hydroxyl groups excluding tert-OH is 1. The van der Waals surface area contributed by atoms with E-state index in [9.17, 15) is 4.79 Å². The van der Waals surface area contributed by atoms with Gasteiger partial charge in [0.15, 0.2) is 0 Å².